The minimum absolute atomic E-state index is 0.712. The third-order valence-electron chi connectivity index (χ3n) is 2.44. The highest BCUT2D eigenvalue weighted by Crippen LogP contribution is 2.17. The van der Waals surface area contributed by atoms with E-state index in [-0.39, 0.29) is 0 Å². The van der Waals surface area contributed by atoms with Gasteiger partial charge in [0.2, 0.25) is 0 Å². The summed E-state index contributed by atoms with van der Waals surface area (Å²) in [4.78, 5) is 5.48. The van der Waals surface area contributed by atoms with Crippen molar-refractivity contribution < 1.29 is 4.84 Å². The lowest BCUT2D eigenvalue weighted by molar-refractivity contribution is 0.404. The topological polar surface area (TPSA) is 21.3 Å². The fourth-order valence-electron chi connectivity index (χ4n) is 1.46. The fourth-order valence-corrected chi connectivity index (χ4v) is 1.59. The van der Waals surface area contributed by atoms with Crippen molar-refractivity contribution in [2.45, 2.75) is 13.3 Å². The van der Waals surface area contributed by atoms with E-state index in [1.54, 1.807) is 0 Å². The summed E-state index contributed by atoms with van der Waals surface area (Å²) in [5.41, 5.74) is 5.00. The molecule has 3 heteroatoms. The third kappa shape index (κ3) is 3.40. The molecule has 0 radical (unpaired) electrons. The summed E-state index contributed by atoms with van der Waals surface area (Å²) in [6, 6.07) is 15.4. The zero-order chi connectivity index (χ0) is 12.1. The Hall–Kier alpha value is -1.67. The van der Waals surface area contributed by atoms with E-state index in [9.17, 15) is 0 Å². The molecule has 0 spiro atoms. The smallest absolute Gasteiger partial charge is 0.155 e. The first-order chi connectivity index (χ1) is 8.28. The van der Waals surface area contributed by atoms with E-state index in [2.05, 4.69) is 18.5 Å². The van der Waals surface area contributed by atoms with Gasteiger partial charge in [-0.1, -0.05) is 30.7 Å². The van der Waals surface area contributed by atoms with E-state index in [0.717, 1.165) is 17.9 Å². The van der Waals surface area contributed by atoms with Crippen LogP contribution in [0.1, 0.15) is 12.5 Å². The number of hydrogen-bond donors (Lipinski definition) is 1. The molecule has 0 saturated carbocycles. The van der Waals surface area contributed by atoms with Crippen LogP contribution < -0.4 is 10.3 Å². The maximum atomic E-state index is 5.80. The Balaban J connectivity index is 1.99. The normalized spacial score (nSPS) is 10.0. The lowest BCUT2D eigenvalue weighted by atomic mass is 10.2. The molecule has 0 amide bonds. The van der Waals surface area contributed by atoms with E-state index < -0.39 is 0 Å². The summed E-state index contributed by atoms with van der Waals surface area (Å²) in [6.07, 6.45) is 0.998. The van der Waals surface area contributed by atoms with Gasteiger partial charge in [0.15, 0.2) is 5.75 Å². The molecular weight excluding hydrogens is 234 g/mol. The van der Waals surface area contributed by atoms with Crippen LogP contribution in [0.25, 0.3) is 0 Å². The molecule has 17 heavy (non-hydrogen) atoms. The summed E-state index contributed by atoms with van der Waals surface area (Å²) >= 11 is 5.80. The Kier molecular flexibility index (Phi) is 3.89. The Morgan fingerprint density at radius 3 is 2.59 bits per heavy atom. The quantitative estimate of drug-likeness (QED) is 0.813. The summed E-state index contributed by atoms with van der Waals surface area (Å²) in [5.74, 6) is 0.805. The molecule has 0 aliphatic heterocycles. The van der Waals surface area contributed by atoms with E-state index in [0.29, 0.717) is 5.02 Å². The van der Waals surface area contributed by atoms with Gasteiger partial charge in [0.1, 0.15) is 0 Å². The molecule has 0 atom stereocenters. The fraction of sp³-hybridized carbons (Fsp3) is 0.143. The number of rotatable bonds is 4. The standard InChI is InChI=1S/C14H14ClNO/c1-2-11-4-3-5-14(10-11)17-16-13-8-6-12(15)7-9-13/h3-10,16H,2H2,1H3. The van der Waals surface area contributed by atoms with Crippen LogP contribution in [0.15, 0.2) is 48.5 Å². The van der Waals surface area contributed by atoms with Crippen LogP contribution in [0.3, 0.4) is 0 Å². The van der Waals surface area contributed by atoms with E-state index in [1.807, 2.05) is 42.5 Å². The van der Waals surface area contributed by atoms with Crippen molar-refractivity contribution in [3.8, 4) is 5.75 Å². The van der Waals surface area contributed by atoms with Crippen LogP contribution in [0.2, 0.25) is 5.02 Å². The van der Waals surface area contributed by atoms with Gasteiger partial charge in [0, 0.05) is 5.02 Å². The molecule has 2 nitrogen and oxygen atoms in total. The predicted molar refractivity (Wildman–Crippen MR) is 71.5 cm³/mol. The van der Waals surface area contributed by atoms with Gasteiger partial charge in [-0.15, -0.1) is 0 Å². The van der Waals surface area contributed by atoms with Gasteiger partial charge in [-0.25, -0.2) is 5.48 Å². The van der Waals surface area contributed by atoms with Crippen LogP contribution >= 0.6 is 11.6 Å². The Bertz CT molecular complexity index is 482. The molecule has 0 aromatic heterocycles. The van der Waals surface area contributed by atoms with Crippen molar-refractivity contribution in [1.82, 2.24) is 0 Å². The van der Waals surface area contributed by atoms with Gasteiger partial charge in [0.05, 0.1) is 5.69 Å². The molecule has 0 aliphatic rings. The molecule has 88 valence electrons. The van der Waals surface area contributed by atoms with E-state index in [4.69, 9.17) is 16.4 Å². The molecule has 0 bridgehead atoms. The minimum Gasteiger partial charge on any atom is -0.382 e. The molecule has 0 unspecified atom stereocenters. The Morgan fingerprint density at radius 1 is 1.12 bits per heavy atom. The molecule has 1 N–H and O–H groups in total. The maximum Gasteiger partial charge on any atom is 0.155 e. The second-order valence-electron chi connectivity index (χ2n) is 3.71. The number of halogens is 1. The van der Waals surface area contributed by atoms with Crippen molar-refractivity contribution in [2.24, 2.45) is 0 Å². The van der Waals surface area contributed by atoms with Crippen molar-refractivity contribution in [1.29, 1.82) is 0 Å². The maximum absolute atomic E-state index is 5.80. The van der Waals surface area contributed by atoms with Crippen LogP contribution in [0.4, 0.5) is 5.69 Å². The number of benzene rings is 2. The lowest BCUT2D eigenvalue weighted by Gasteiger charge is -2.09. The first kappa shape index (κ1) is 11.8. The highest BCUT2D eigenvalue weighted by molar-refractivity contribution is 6.30. The largest absolute Gasteiger partial charge is 0.382 e. The highest BCUT2D eigenvalue weighted by Gasteiger charge is 1.96. The molecule has 2 aromatic rings. The lowest BCUT2D eigenvalue weighted by Crippen LogP contribution is -2.04. The Morgan fingerprint density at radius 2 is 1.88 bits per heavy atom. The first-order valence-corrected chi connectivity index (χ1v) is 5.93. The summed E-state index contributed by atoms with van der Waals surface area (Å²) in [7, 11) is 0. The van der Waals surface area contributed by atoms with Crippen molar-refractivity contribution >= 4 is 17.3 Å². The number of anilines is 1. The van der Waals surface area contributed by atoms with Crippen LogP contribution in [0.5, 0.6) is 5.75 Å². The average molecular weight is 248 g/mol. The van der Waals surface area contributed by atoms with Gasteiger partial charge in [-0.2, -0.15) is 0 Å². The molecular formula is C14H14ClNO. The van der Waals surface area contributed by atoms with Crippen LogP contribution in [-0.2, 0) is 6.42 Å². The van der Waals surface area contributed by atoms with E-state index >= 15 is 0 Å². The number of aryl methyl sites for hydroxylation is 1. The van der Waals surface area contributed by atoms with Crippen LogP contribution in [-0.4, -0.2) is 0 Å². The molecule has 2 aromatic carbocycles. The first-order valence-electron chi connectivity index (χ1n) is 5.55. The molecule has 2 rings (SSSR count). The second-order valence-corrected chi connectivity index (χ2v) is 4.15. The number of hydrogen-bond acceptors (Lipinski definition) is 2. The highest BCUT2D eigenvalue weighted by atomic mass is 35.5. The average Bonchev–Trinajstić information content (AvgIpc) is 2.38. The van der Waals surface area contributed by atoms with E-state index in [1.165, 1.54) is 5.56 Å². The second kappa shape index (κ2) is 5.60. The Labute approximate surface area is 106 Å². The summed E-state index contributed by atoms with van der Waals surface area (Å²) in [5, 5.41) is 0.712. The van der Waals surface area contributed by atoms with Crippen molar-refractivity contribution in [3.05, 3.63) is 59.1 Å². The summed E-state index contributed by atoms with van der Waals surface area (Å²) < 4.78 is 0. The summed E-state index contributed by atoms with van der Waals surface area (Å²) in [6.45, 7) is 2.12. The SMILES string of the molecule is CCc1cccc(ONc2ccc(Cl)cc2)c1. The zero-order valence-electron chi connectivity index (χ0n) is 9.61. The minimum atomic E-state index is 0.712. The van der Waals surface area contributed by atoms with Crippen molar-refractivity contribution in [2.75, 3.05) is 5.48 Å². The predicted octanol–water partition coefficient (Wildman–Crippen LogP) is 4.31. The molecule has 0 fully saturated rings. The van der Waals surface area contributed by atoms with Gasteiger partial charge < -0.3 is 4.84 Å². The van der Waals surface area contributed by atoms with Gasteiger partial charge in [0.25, 0.3) is 0 Å². The molecule has 0 saturated heterocycles. The van der Waals surface area contributed by atoms with Crippen molar-refractivity contribution in [3.63, 3.8) is 0 Å². The third-order valence-corrected chi connectivity index (χ3v) is 2.69. The number of nitrogens with one attached hydrogen (secondary N) is 1. The van der Waals surface area contributed by atoms with Gasteiger partial charge in [-0.3, -0.25) is 0 Å². The zero-order valence-corrected chi connectivity index (χ0v) is 10.4. The molecule has 0 heterocycles. The van der Waals surface area contributed by atoms with Gasteiger partial charge in [-0.05, 0) is 48.4 Å². The van der Waals surface area contributed by atoms with Crippen LogP contribution in [0, 0.1) is 0 Å². The monoisotopic (exact) mass is 247 g/mol. The molecule has 0 aliphatic carbocycles. The van der Waals surface area contributed by atoms with Gasteiger partial charge >= 0.3 is 0 Å².